The van der Waals surface area contributed by atoms with Crippen molar-refractivity contribution < 1.29 is 13.2 Å². The summed E-state index contributed by atoms with van der Waals surface area (Å²) in [6.07, 6.45) is 2.03. The van der Waals surface area contributed by atoms with Gasteiger partial charge in [-0.05, 0) is 47.9 Å². The van der Waals surface area contributed by atoms with Crippen molar-refractivity contribution in [3.8, 4) is 0 Å². The van der Waals surface area contributed by atoms with Crippen LogP contribution in [-0.2, 0) is 23.0 Å². The highest BCUT2D eigenvalue weighted by Crippen LogP contribution is 2.31. The molecule has 7 heteroatoms. The summed E-state index contributed by atoms with van der Waals surface area (Å²) in [5.74, 6) is -0.294. The second-order valence-electron chi connectivity index (χ2n) is 7.37. The fourth-order valence-electron chi connectivity index (χ4n) is 3.69. The van der Waals surface area contributed by atoms with Gasteiger partial charge in [0, 0.05) is 24.3 Å². The van der Waals surface area contributed by atoms with Crippen LogP contribution in [0.2, 0.25) is 0 Å². The number of nitrogens with one attached hydrogen (secondary N) is 2. The molecule has 0 bridgehead atoms. The SMILES string of the molecule is CS(=O)(=O)Nc1cccc(C(=O)Nc2ccccc2N2CCc3ccccc3C2)c1. The minimum absolute atomic E-state index is 0.294. The van der Waals surface area contributed by atoms with Crippen molar-refractivity contribution in [1.82, 2.24) is 0 Å². The number of sulfonamides is 1. The molecule has 3 aromatic carbocycles. The number of hydrogen-bond donors (Lipinski definition) is 2. The Hall–Kier alpha value is -3.32. The second-order valence-corrected chi connectivity index (χ2v) is 9.12. The van der Waals surface area contributed by atoms with Crippen LogP contribution in [0.1, 0.15) is 21.5 Å². The van der Waals surface area contributed by atoms with Gasteiger partial charge in [-0.1, -0.05) is 42.5 Å². The molecule has 1 aliphatic rings. The molecule has 3 aromatic rings. The number of nitrogens with zero attached hydrogens (tertiary/aromatic N) is 1. The number of benzene rings is 3. The first-order valence-corrected chi connectivity index (χ1v) is 11.6. The lowest BCUT2D eigenvalue weighted by Crippen LogP contribution is -2.31. The molecule has 0 fully saturated rings. The first-order valence-electron chi connectivity index (χ1n) is 9.69. The second kappa shape index (κ2) is 8.20. The van der Waals surface area contributed by atoms with Gasteiger partial charge in [0.1, 0.15) is 0 Å². The molecule has 30 heavy (non-hydrogen) atoms. The number of carbonyl (C=O) groups is 1. The quantitative estimate of drug-likeness (QED) is 0.656. The average molecular weight is 422 g/mol. The van der Waals surface area contributed by atoms with Crippen LogP contribution in [0.25, 0.3) is 0 Å². The van der Waals surface area contributed by atoms with Gasteiger partial charge in [0.2, 0.25) is 10.0 Å². The fraction of sp³-hybridized carbons (Fsp3) is 0.174. The fourth-order valence-corrected chi connectivity index (χ4v) is 4.24. The molecular weight excluding hydrogens is 398 g/mol. The van der Waals surface area contributed by atoms with Gasteiger partial charge in [-0.3, -0.25) is 9.52 Å². The van der Waals surface area contributed by atoms with E-state index in [-0.39, 0.29) is 5.91 Å². The number of hydrogen-bond acceptors (Lipinski definition) is 4. The molecule has 0 saturated heterocycles. The van der Waals surface area contributed by atoms with E-state index in [2.05, 4.69) is 33.1 Å². The number of rotatable bonds is 5. The summed E-state index contributed by atoms with van der Waals surface area (Å²) in [5, 5.41) is 2.98. The lowest BCUT2D eigenvalue weighted by atomic mass is 9.99. The minimum atomic E-state index is -3.41. The molecule has 1 amide bonds. The van der Waals surface area contributed by atoms with Gasteiger partial charge < -0.3 is 10.2 Å². The molecule has 4 rings (SSSR count). The van der Waals surface area contributed by atoms with E-state index in [4.69, 9.17) is 0 Å². The van der Waals surface area contributed by atoms with Gasteiger partial charge in [0.15, 0.2) is 0 Å². The number of anilines is 3. The van der Waals surface area contributed by atoms with Crippen LogP contribution in [-0.4, -0.2) is 27.1 Å². The summed E-state index contributed by atoms with van der Waals surface area (Å²) in [5.41, 5.74) is 5.08. The van der Waals surface area contributed by atoms with Crippen LogP contribution in [0.15, 0.2) is 72.8 Å². The molecule has 154 valence electrons. The molecule has 0 saturated carbocycles. The highest BCUT2D eigenvalue weighted by Gasteiger charge is 2.19. The lowest BCUT2D eigenvalue weighted by Gasteiger charge is -2.32. The van der Waals surface area contributed by atoms with Crippen molar-refractivity contribution in [3.63, 3.8) is 0 Å². The molecule has 0 radical (unpaired) electrons. The third-order valence-corrected chi connectivity index (χ3v) is 5.66. The van der Waals surface area contributed by atoms with E-state index in [1.807, 2.05) is 30.3 Å². The summed E-state index contributed by atoms with van der Waals surface area (Å²) in [6, 6.07) is 22.6. The molecular formula is C23H23N3O3S. The van der Waals surface area contributed by atoms with Gasteiger partial charge in [0.05, 0.1) is 17.6 Å². The van der Waals surface area contributed by atoms with Crippen LogP contribution >= 0.6 is 0 Å². The maximum atomic E-state index is 12.9. The summed E-state index contributed by atoms with van der Waals surface area (Å²) >= 11 is 0. The largest absolute Gasteiger partial charge is 0.365 e. The predicted octanol–water partition coefficient (Wildman–Crippen LogP) is 3.87. The van der Waals surface area contributed by atoms with Crippen molar-refractivity contribution in [3.05, 3.63) is 89.5 Å². The number of fused-ring (bicyclic) bond motifs is 1. The third kappa shape index (κ3) is 4.63. The minimum Gasteiger partial charge on any atom is -0.365 e. The zero-order valence-corrected chi connectivity index (χ0v) is 17.4. The summed E-state index contributed by atoms with van der Waals surface area (Å²) < 4.78 is 25.3. The third-order valence-electron chi connectivity index (χ3n) is 5.05. The molecule has 1 aliphatic heterocycles. The van der Waals surface area contributed by atoms with Gasteiger partial charge in [-0.2, -0.15) is 0 Å². The molecule has 0 unspecified atom stereocenters. The van der Waals surface area contributed by atoms with Crippen LogP contribution in [0.4, 0.5) is 17.1 Å². The maximum Gasteiger partial charge on any atom is 0.255 e. The number of amides is 1. The van der Waals surface area contributed by atoms with Crippen molar-refractivity contribution in [2.75, 3.05) is 27.7 Å². The van der Waals surface area contributed by atoms with Crippen molar-refractivity contribution in [2.45, 2.75) is 13.0 Å². The monoisotopic (exact) mass is 421 g/mol. The standard InChI is InChI=1S/C23H23N3O3S/c1-30(28,29)25-20-10-6-9-18(15-20)23(27)24-21-11-4-5-12-22(21)26-14-13-17-7-2-3-8-19(17)16-26/h2-12,15,25H,13-14,16H2,1H3,(H,24,27). The van der Waals surface area contributed by atoms with Crippen molar-refractivity contribution in [1.29, 1.82) is 0 Å². The van der Waals surface area contributed by atoms with Crippen LogP contribution in [0.3, 0.4) is 0 Å². The van der Waals surface area contributed by atoms with Crippen LogP contribution < -0.4 is 14.9 Å². The van der Waals surface area contributed by atoms with Crippen molar-refractivity contribution >= 4 is 33.0 Å². The Morgan fingerprint density at radius 2 is 1.67 bits per heavy atom. The van der Waals surface area contributed by atoms with E-state index in [1.165, 1.54) is 17.2 Å². The van der Waals surface area contributed by atoms with E-state index < -0.39 is 10.0 Å². The first-order chi connectivity index (χ1) is 14.4. The van der Waals surface area contributed by atoms with E-state index in [1.54, 1.807) is 18.2 Å². The predicted molar refractivity (Wildman–Crippen MR) is 120 cm³/mol. The van der Waals surface area contributed by atoms with E-state index in [9.17, 15) is 13.2 Å². The van der Waals surface area contributed by atoms with Gasteiger partial charge in [-0.25, -0.2) is 8.42 Å². The van der Waals surface area contributed by atoms with Gasteiger partial charge >= 0.3 is 0 Å². The zero-order chi connectivity index (χ0) is 21.1. The molecule has 0 aromatic heterocycles. The van der Waals surface area contributed by atoms with Gasteiger partial charge in [0.25, 0.3) is 5.91 Å². The maximum absolute atomic E-state index is 12.9. The van der Waals surface area contributed by atoms with Gasteiger partial charge in [-0.15, -0.1) is 0 Å². The average Bonchev–Trinajstić information content (AvgIpc) is 2.73. The Balaban J connectivity index is 1.55. The van der Waals surface area contributed by atoms with E-state index in [0.29, 0.717) is 11.3 Å². The highest BCUT2D eigenvalue weighted by molar-refractivity contribution is 7.92. The molecule has 2 N–H and O–H groups in total. The van der Waals surface area contributed by atoms with Crippen LogP contribution in [0, 0.1) is 0 Å². The highest BCUT2D eigenvalue weighted by atomic mass is 32.2. The molecule has 1 heterocycles. The Morgan fingerprint density at radius 3 is 2.47 bits per heavy atom. The Morgan fingerprint density at radius 1 is 0.933 bits per heavy atom. The number of para-hydroxylation sites is 2. The van der Waals surface area contributed by atoms with E-state index >= 15 is 0 Å². The normalized spacial score (nSPS) is 13.4. The summed E-state index contributed by atoms with van der Waals surface area (Å²) in [6.45, 7) is 1.66. The molecule has 0 spiro atoms. The Labute approximate surface area is 176 Å². The molecule has 0 atom stereocenters. The lowest BCUT2D eigenvalue weighted by molar-refractivity contribution is 0.102. The zero-order valence-electron chi connectivity index (χ0n) is 16.6. The Kier molecular flexibility index (Phi) is 5.46. The van der Waals surface area contributed by atoms with Crippen molar-refractivity contribution in [2.24, 2.45) is 0 Å². The number of carbonyl (C=O) groups excluding carboxylic acids is 1. The van der Waals surface area contributed by atoms with E-state index in [0.717, 1.165) is 37.1 Å². The Bertz CT molecular complexity index is 1190. The molecule has 6 nitrogen and oxygen atoms in total. The van der Waals surface area contributed by atoms with Crippen LogP contribution in [0.5, 0.6) is 0 Å². The first kappa shape index (κ1) is 20.0. The summed E-state index contributed by atoms with van der Waals surface area (Å²) in [7, 11) is -3.41. The topological polar surface area (TPSA) is 78.5 Å². The molecule has 0 aliphatic carbocycles. The summed E-state index contributed by atoms with van der Waals surface area (Å²) in [4.78, 5) is 15.1. The smallest absolute Gasteiger partial charge is 0.255 e.